The Bertz CT molecular complexity index is 581. The summed E-state index contributed by atoms with van der Waals surface area (Å²) in [5.41, 5.74) is 9.03. The van der Waals surface area contributed by atoms with Crippen LogP contribution in [0.4, 0.5) is 5.69 Å². The van der Waals surface area contributed by atoms with E-state index in [9.17, 15) is 4.79 Å². The van der Waals surface area contributed by atoms with Gasteiger partial charge in [-0.15, -0.1) is 0 Å². The van der Waals surface area contributed by atoms with E-state index >= 15 is 0 Å². The minimum Gasteiger partial charge on any atom is -0.324 e. The molecule has 2 aromatic rings. The van der Waals surface area contributed by atoms with Crippen LogP contribution in [0.2, 0.25) is 0 Å². The van der Waals surface area contributed by atoms with Gasteiger partial charge in [-0.3, -0.25) is 4.79 Å². The third-order valence-electron chi connectivity index (χ3n) is 3.45. The van der Waals surface area contributed by atoms with Crippen LogP contribution < -0.4 is 11.1 Å². The van der Waals surface area contributed by atoms with Gasteiger partial charge in [0, 0.05) is 5.69 Å². The lowest BCUT2D eigenvalue weighted by Crippen LogP contribution is -2.35. The molecule has 0 saturated carbocycles. The predicted octanol–water partition coefficient (Wildman–Crippen LogP) is 3.34. The van der Waals surface area contributed by atoms with Crippen molar-refractivity contribution in [1.82, 2.24) is 0 Å². The van der Waals surface area contributed by atoms with Crippen LogP contribution in [0.3, 0.4) is 0 Å². The Kier molecular flexibility index (Phi) is 5.52. The first-order chi connectivity index (χ1) is 10.2. The fraction of sp³-hybridized carbons (Fsp3) is 0.278. The summed E-state index contributed by atoms with van der Waals surface area (Å²) in [6.45, 7) is 2.02. The molecule has 2 aromatic carbocycles. The van der Waals surface area contributed by atoms with Crippen LogP contribution in [0.15, 0.2) is 54.6 Å². The van der Waals surface area contributed by atoms with Crippen LogP contribution >= 0.6 is 0 Å². The Morgan fingerprint density at radius 1 is 1.10 bits per heavy atom. The molecule has 1 amide bonds. The van der Waals surface area contributed by atoms with Gasteiger partial charge >= 0.3 is 0 Å². The molecule has 0 aliphatic heterocycles. The number of nitrogens with one attached hydrogen (secondary N) is 1. The molecule has 0 aliphatic carbocycles. The molecule has 3 nitrogen and oxygen atoms in total. The number of hydrogen-bond acceptors (Lipinski definition) is 2. The summed E-state index contributed by atoms with van der Waals surface area (Å²) in [4.78, 5) is 12.1. The van der Waals surface area contributed by atoms with E-state index < -0.39 is 6.04 Å². The number of anilines is 1. The number of para-hydroxylation sites is 1. The summed E-state index contributed by atoms with van der Waals surface area (Å²) in [6.07, 6.45) is 2.40. The fourth-order valence-electron chi connectivity index (χ4n) is 2.28. The van der Waals surface area contributed by atoms with Crippen LogP contribution in [0.1, 0.15) is 30.9 Å². The number of amides is 1. The summed E-state index contributed by atoms with van der Waals surface area (Å²) < 4.78 is 0. The van der Waals surface area contributed by atoms with Gasteiger partial charge in [-0.25, -0.2) is 0 Å². The summed E-state index contributed by atoms with van der Waals surface area (Å²) in [5, 5.41) is 2.95. The van der Waals surface area contributed by atoms with Gasteiger partial charge in [0.05, 0.1) is 6.04 Å². The molecule has 0 aromatic heterocycles. The molecule has 0 spiro atoms. The van der Waals surface area contributed by atoms with Crippen molar-refractivity contribution in [3.05, 3.63) is 65.7 Å². The van der Waals surface area contributed by atoms with E-state index in [-0.39, 0.29) is 5.91 Å². The van der Waals surface area contributed by atoms with Crippen molar-refractivity contribution in [3.8, 4) is 0 Å². The largest absolute Gasteiger partial charge is 0.324 e. The molecule has 0 aliphatic rings. The third kappa shape index (κ3) is 4.43. The van der Waals surface area contributed by atoms with Gasteiger partial charge in [-0.2, -0.15) is 0 Å². The van der Waals surface area contributed by atoms with Crippen molar-refractivity contribution in [1.29, 1.82) is 0 Å². The Morgan fingerprint density at radius 3 is 2.48 bits per heavy atom. The Hall–Kier alpha value is -2.13. The molecule has 0 bridgehead atoms. The van der Waals surface area contributed by atoms with Gasteiger partial charge in [0.15, 0.2) is 0 Å². The van der Waals surface area contributed by atoms with E-state index in [1.54, 1.807) is 0 Å². The summed E-state index contributed by atoms with van der Waals surface area (Å²) in [6, 6.07) is 17.6. The Balaban J connectivity index is 2.12. The van der Waals surface area contributed by atoms with E-state index in [0.717, 1.165) is 24.1 Å². The number of nitrogens with two attached hydrogens (primary N) is 1. The van der Waals surface area contributed by atoms with Crippen LogP contribution in [0.25, 0.3) is 0 Å². The van der Waals surface area contributed by atoms with Gasteiger partial charge in [0.1, 0.15) is 0 Å². The lowest BCUT2D eigenvalue weighted by Gasteiger charge is -2.14. The number of rotatable bonds is 6. The Morgan fingerprint density at radius 2 is 1.76 bits per heavy atom. The summed E-state index contributed by atoms with van der Waals surface area (Å²) in [5.74, 6) is -0.114. The highest BCUT2D eigenvalue weighted by Gasteiger charge is 2.13. The molecule has 21 heavy (non-hydrogen) atoms. The molecular formula is C18H22N2O. The first-order valence-electron chi connectivity index (χ1n) is 7.39. The van der Waals surface area contributed by atoms with Gasteiger partial charge in [0.2, 0.25) is 5.91 Å². The van der Waals surface area contributed by atoms with Crippen LogP contribution in [-0.4, -0.2) is 11.9 Å². The number of carbonyl (C=O) groups excluding carboxylic acids is 1. The van der Waals surface area contributed by atoms with Crippen molar-refractivity contribution in [2.75, 3.05) is 5.32 Å². The van der Waals surface area contributed by atoms with E-state index in [1.165, 1.54) is 5.56 Å². The van der Waals surface area contributed by atoms with Crippen molar-refractivity contribution in [2.45, 2.75) is 32.2 Å². The number of benzene rings is 2. The molecule has 0 heterocycles. The zero-order valence-electron chi connectivity index (χ0n) is 12.4. The molecule has 0 unspecified atom stereocenters. The quantitative estimate of drug-likeness (QED) is 0.853. The van der Waals surface area contributed by atoms with Gasteiger partial charge in [-0.05, 0) is 30.0 Å². The summed E-state index contributed by atoms with van der Waals surface area (Å²) >= 11 is 0. The topological polar surface area (TPSA) is 55.1 Å². The normalized spacial score (nSPS) is 11.9. The zero-order valence-corrected chi connectivity index (χ0v) is 12.4. The maximum atomic E-state index is 12.1. The average molecular weight is 282 g/mol. The Labute approximate surface area is 126 Å². The van der Waals surface area contributed by atoms with Gasteiger partial charge in [-0.1, -0.05) is 61.9 Å². The summed E-state index contributed by atoms with van der Waals surface area (Å²) in [7, 11) is 0. The second-order valence-electron chi connectivity index (χ2n) is 5.20. The van der Waals surface area contributed by atoms with Crippen LogP contribution in [0.5, 0.6) is 0 Å². The van der Waals surface area contributed by atoms with Crippen molar-refractivity contribution in [2.24, 2.45) is 5.73 Å². The van der Waals surface area contributed by atoms with E-state index in [4.69, 9.17) is 5.73 Å². The maximum absolute atomic E-state index is 12.1. The molecule has 3 N–H and O–H groups in total. The molecule has 0 fully saturated rings. The predicted molar refractivity (Wildman–Crippen MR) is 87.2 cm³/mol. The molecule has 2 rings (SSSR count). The molecule has 3 heteroatoms. The van der Waals surface area contributed by atoms with E-state index in [2.05, 4.69) is 17.4 Å². The number of hydrogen-bond donors (Lipinski definition) is 2. The molecule has 0 saturated heterocycles. The fourth-order valence-corrected chi connectivity index (χ4v) is 2.28. The lowest BCUT2D eigenvalue weighted by molar-refractivity contribution is -0.117. The van der Waals surface area contributed by atoms with Crippen molar-refractivity contribution < 1.29 is 4.79 Å². The van der Waals surface area contributed by atoms with Gasteiger partial charge < -0.3 is 11.1 Å². The second kappa shape index (κ2) is 7.60. The zero-order chi connectivity index (χ0) is 15.1. The average Bonchev–Trinajstić information content (AvgIpc) is 2.50. The molecular weight excluding hydrogens is 260 g/mol. The third-order valence-corrected chi connectivity index (χ3v) is 3.45. The monoisotopic (exact) mass is 282 g/mol. The minimum atomic E-state index is -0.445. The molecule has 110 valence electrons. The molecule has 0 radical (unpaired) electrons. The first kappa shape index (κ1) is 15.3. The van der Waals surface area contributed by atoms with Crippen LogP contribution in [-0.2, 0) is 11.2 Å². The highest BCUT2D eigenvalue weighted by Crippen LogP contribution is 2.19. The highest BCUT2D eigenvalue weighted by molar-refractivity contribution is 5.95. The number of carbonyl (C=O) groups is 1. The van der Waals surface area contributed by atoms with Crippen molar-refractivity contribution >= 4 is 11.6 Å². The smallest absolute Gasteiger partial charge is 0.241 e. The van der Waals surface area contributed by atoms with Crippen LogP contribution in [0, 0.1) is 0 Å². The van der Waals surface area contributed by atoms with Gasteiger partial charge in [0.25, 0.3) is 0 Å². The van der Waals surface area contributed by atoms with E-state index in [1.807, 2.05) is 49.4 Å². The SMILES string of the molecule is CCC[C@@H](N)C(=O)Nc1ccccc1Cc1ccccc1. The molecule has 1 atom stereocenters. The minimum absolute atomic E-state index is 0.114. The maximum Gasteiger partial charge on any atom is 0.241 e. The highest BCUT2D eigenvalue weighted by atomic mass is 16.2. The lowest BCUT2D eigenvalue weighted by atomic mass is 10.0. The van der Waals surface area contributed by atoms with Crippen molar-refractivity contribution in [3.63, 3.8) is 0 Å². The standard InChI is InChI=1S/C18H22N2O/c1-2-8-16(19)18(21)20-17-12-7-6-11-15(17)13-14-9-4-3-5-10-14/h3-7,9-12,16H,2,8,13,19H2,1H3,(H,20,21)/t16-/m1/s1. The second-order valence-corrected chi connectivity index (χ2v) is 5.20. The van der Waals surface area contributed by atoms with E-state index in [0.29, 0.717) is 6.42 Å². The first-order valence-corrected chi connectivity index (χ1v) is 7.39.